The van der Waals surface area contributed by atoms with Crippen molar-refractivity contribution in [2.75, 3.05) is 25.6 Å². The Morgan fingerprint density at radius 3 is 2.55 bits per heavy atom. The van der Waals surface area contributed by atoms with Crippen molar-refractivity contribution in [3.05, 3.63) is 70.9 Å². The summed E-state index contributed by atoms with van der Waals surface area (Å²) in [5.74, 6) is -0.940. The lowest BCUT2D eigenvalue weighted by Crippen LogP contribution is -2.45. The Kier molecular flexibility index (Phi) is 4.46. The highest BCUT2D eigenvalue weighted by molar-refractivity contribution is 6.12. The first-order valence-corrected chi connectivity index (χ1v) is 8.95. The largest absolute Gasteiger partial charge is 0.545 e. The molecule has 0 fully saturated rings. The molecule has 8 heteroatoms. The Bertz CT molecular complexity index is 1040. The van der Waals surface area contributed by atoms with Crippen LogP contribution >= 0.6 is 0 Å². The molecule has 0 radical (unpaired) electrons. The molecular weight excluding hydrogens is 374 g/mol. The first-order chi connectivity index (χ1) is 13.9. The number of nitrogens with zero attached hydrogens (tertiary/aromatic N) is 2. The van der Waals surface area contributed by atoms with Gasteiger partial charge in [-0.25, -0.2) is 4.79 Å². The van der Waals surface area contributed by atoms with Crippen LogP contribution in [0.1, 0.15) is 22.0 Å². The number of likely N-dealkylation sites (N-methyl/N-ethyl adjacent to an activating group) is 1. The van der Waals surface area contributed by atoms with Crippen LogP contribution in [0.5, 0.6) is 5.75 Å². The second-order valence-electron chi connectivity index (χ2n) is 6.80. The second-order valence-corrected chi connectivity index (χ2v) is 6.80. The number of methoxy groups -OCH3 is 1. The molecule has 2 aliphatic heterocycles. The zero-order valence-corrected chi connectivity index (χ0v) is 15.8. The predicted octanol–water partition coefficient (Wildman–Crippen LogP) is 1.06. The quantitative estimate of drug-likeness (QED) is 0.838. The minimum atomic E-state index is -1.32. The Balaban J connectivity index is 1.73. The minimum absolute atomic E-state index is 0.0190. The van der Waals surface area contributed by atoms with E-state index in [4.69, 9.17) is 4.74 Å². The van der Waals surface area contributed by atoms with Crippen molar-refractivity contribution >= 4 is 23.6 Å². The van der Waals surface area contributed by atoms with Crippen LogP contribution in [0.15, 0.2) is 59.8 Å². The van der Waals surface area contributed by atoms with Gasteiger partial charge in [0.1, 0.15) is 5.75 Å². The van der Waals surface area contributed by atoms with Crippen LogP contribution in [-0.4, -0.2) is 43.5 Å². The van der Waals surface area contributed by atoms with Crippen LogP contribution in [0.25, 0.3) is 0 Å². The Labute approximate surface area is 167 Å². The highest BCUT2D eigenvalue weighted by Crippen LogP contribution is 2.38. The van der Waals surface area contributed by atoms with Crippen molar-refractivity contribution in [1.29, 1.82) is 0 Å². The number of carbonyl (C=O) groups is 3. The van der Waals surface area contributed by atoms with Gasteiger partial charge in [0.25, 0.3) is 5.91 Å². The average Bonchev–Trinajstić information content (AvgIpc) is 3.08. The molecule has 0 spiro atoms. The molecule has 0 saturated carbocycles. The number of urea groups is 1. The van der Waals surface area contributed by atoms with Gasteiger partial charge in [0.05, 0.1) is 36.9 Å². The van der Waals surface area contributed by atoms with Gasteiger partial charge in [-0.2, -0.15) is 0 Å². The molecule has 3 amide bonds. The van der Waals surface area contributed by atoms with Crippen LogP contribution < -0.4 is 20.1 Å². The molecule has 2 aliphatic rings. The number of anilines is 1. The number of amides is 3. The summed E-state index contributed by atoms with van der Waals surface area (Å²) in [6, 6.07) is 12.2. The van der Waals surface area contributed by atoms with Gasteiger partial charge in [0, 0.05) is 12.7 Å². The first-order valence-electron chi connectivity index (χ1n) is 8.95. The zero-order valence-electron chi connectivity index (χ0n) is 15.8. The van der Waals surface area contributed by atoms with Crippen molar-refractivity contribution in [3.8, 4) is 5.75 Å². The second kappa shape index (κ2) is 6.97. The molecule has 8 nitrogen and oxygen atoms in total. The van der Waals surface area contributed by atoms with Gasteiger partial charge in [0.15, 0.2) is 0 Å². The molecule has 1 atom stereocenters. The maximum absolute atomic E-state index is 13.3. The number of nitrogens with one attached hydrogen (secondary N) is 1. The van der Waals surface area contributed by atoms with Crippen molar-refractivity contribution in [3.63, 3.8) is 0 Å². The predicted molar refractivity (Wildman–Crippen MR) is 102 cm³/mol. The van der Waals surface area contributed by atoms with Crippen LogP contribution in [0.2, 0.25) is 0 Å². The van der Waals surface area contributed by atoms with E-state index in [9.17, 15) is 19.5 Å². The molecule has 0 saturated heterocycles. The monoisotopic (exact) mass is 392 g/mol. The average molecular weight is 392 g/mol. The van der Waals surface area contributed by atoms with Crippen LogP contribution in [-0.2, 0) is 4.79 Å². The molecule has 148 valence electrons. The van der Waals surface area contributed by atoms with Gasteiger partial charge in [-0.3, -0.25) is 9.69 Å². The lowest BCUT2D eigenvalue weighted by Gasteiger charge is -2.31. The van der Waals surface area contributed by atoms with E-state index >= 15 is 0 Å². The van der Waals surface area contributed by atoms with E-state index in [1.807, 2.05) is 0 Å². The number of hydrogen-bond acceptors (Lipinski definition) is 5. The van der Waals surface area contributed by atoms with Crippen molar-refractivity contribution in [1.82, 2.24) is 10.2 Å². The van der Waals surface area contributed by atoms with Gasteiger partial charge in [0.2, 0.25) is 0 Å². The SMILES string of the molecule is COc1ccc([C@H]2NC(=O)N(C)C3=C2C(=O)N(c2cccc(C(=O)[O-])c2)C3)cc1. The summed E-state index contributed by atoms with van der Waals surface area (Å²) in [5, 5.41) is 14.0. The van der Waals surface area contributed by atoms with Gasteiger partial charge >= 0.3 is 6.03 Å². The zero-order chi connectivity index (χ0) is 20.7. The molecule has 29 heavy (non-hydrogen) atoms. The number of carboxylic acids is 1. The number of hydrogen-bond donors (Lipinski definition) is 1. The summed E-state index contributed by atoms with van der Waals surface area (Å²) in [7, 11) is 3.16. The number of benzene rings is 2. The lowest BCUT2D eigenvalue weighted by molar-refractivity contribution is -0.255. The normalized spacial score (nSPS) is 18.6. The number of aromatic carboxylic acids is 1. The molecule has 0 bridgehead atoms. The Morgan fingerprint density at radius 2 is 1.90 bits per heavy atom. The Hall–Kier alpha value is -3.81. The van der Waals surface area contributed by atoms with Crippen LogP contribution in [0.3, 0.4) is 0 Å². The summed E-state index contributed by atoms with van der Waals surface area (Å²) in [6.07, 6.45) is 0. The van der Waals surface area contributed by atoms with Crippen molar-refractivity contribution in [2.45, 2.75) is 6.04 Å². The molecule has 0 aliphatic carbocycles. The van der Waals surface area contributed by atoms with E-state index in [2.05, 4.69) is 5.32 Å². The molecule has 2 aromatic rings. The Morgan fingerprint density at radius 1 is 1.17 bits per heavy atom. The topological polar surface area (TPSA) is 102 Å². The maximum Gasteiger partial charge on any atom is 0.322 e. The van der Waals surface area contributed by atoms with E-state index in [1.54, 1.807) is 50.6 Å². The number of rotatable bonds is 4. The first kappa shape index (κ1) is 18.5. The minimum Gasteiger partial charge on any atom is -0.545 e. The van der Waals surface area contributed by atoms with E-state index in [-0.39, 0.29) is 24.0 Å². The summed E-state index contributed by atoms with van der Waals surface area (Å²) in [4.78, 5) is 39.8. The summed E-state index contributed by atoms with van der Waals surface area (Å²) < 4.78 is 5.17. The molecule has 0 aromatic heterocycles. The summed E-state index contributed by atoms with van der Waals surface area (Å²) in [6.45, 7) is 0.168. The van der Waals surface area contributed by atoms with Crippen LogP contribution in [0.4, 0.5) is 10.5 Å². The molecule has 4 rings (SSSR count). The standard InChI is InChI=1S/C21H19N3O5/c1-23-16-11-24(14-5-3-4-13(10-14)20(26)27)19(25)17(16)18(22-21(23)28)12-6-8-15(29-2)9-7-12/h3-10,18H,11H2,1-2H3,(H,22,28)(H,26,27)/p-1/t18-/m1/s1. The summed E-state index contributed by atoms with van der Waals surface area (Å²) in [5.41, 5.74) is 2.20. The molecular formula is C21H18N3O5-. The third-order valence-corrected chi connectivity index (χ3v) is 5.20. The van der Waals surface area contributed by atoms with Gasteiger partial charge in [-0.05, 0) is 35.4 Å². The van der Waals surface area contributed by atoms with Crippen molar-refractivity contribution in [2.24, 2.45) is 0 Å². The maximum atomic E-state index is 13.3. The number of carbonyl (C=O) groups excluding carboxylic acids is 3. The molecule has 2 heterocycles. The van der Waals surface area contributed by atoms with Gasteiger partial charge < -0.3 is 24.9 Å². The fourth-order valence-electron chi connectivity index (χ4n) is 3.62. The van der Waals surface area contributed by atoms with E-state index < -0.39 is 12.0 Å². The van der Waals surface area contributed by atoms with Crippen molar-refractivity contribution < 1.29 is 24.2 Å². The van der Waals surface area contributed by atoms with E-state index in [0.717, 1.165) is 5.56 Å². The lowest BCUT2D eigenvalue weighted by atomic mass is 9.95. The summed E-state index contributed by atoms with van der Waals surface area (Å²) >= 11 is 0. The van der Waals surface area contributed by atoms with Crippen LogP contribution in [0, 0.1) is 0 Å². The highest BCUT2D eigenvalue weighted by Gasteiger charge is 2.43. The fraction of sp³-hybridized carbons (Fsp3) is 0.190. The van der Waals surface area contributed by atoms with Gasteiger partial charge in [-0.15, -0.1) is 0 Å². The number of carboxylic acid groups (broad SMARTS) is 1. The highest BCUT2D eigenvalue weighted by atomic mass is 16.5. The van der Waals surface area contributed by atoms with Gasteiger partial charge in [-0.1, -0.05) is 24.3 Å². The smallest absolute Gasteiger partial charge is 0.322 e. The fourth-order valence-corrected chi connectivity index (χ4v) is 3.62. The third-order valence-electron chi connectivity index (χ3n) is 5.20. The van der Waals surface area contributed by atoms with E-state index in [1.165, 1.54) is 21.9 Å². The van der Waals surface area contributed by atoms with E-state index in [0.29, 0.717) is 22.7 Å². The molecule has 1 N–H and O–H groups in total. The molecule has 2 aromatic carbocycles. The number of ether oxygens (including phenoxy) is 1. The third kappa shape index (κ3) is 3.08. The molecule has 0 unspecified atom stereocenters.